The Morgan fingerprint density at radius 3 is 2.73 bits per heavy atom. The average Bonchev–Trinajstić information content (AvgIpc) is 2.65. The number of nitrogens with zero attached hydrogens (tertiary/aromatic N) is 1. The number of amides is 3. The molecule has 1 atom stereocenters. The van der Waals surface area contributed by atoms with Crippen LogP contribution in [0.3, 0.4) is 0 Å². The van der Waals surface area contributed by atoms with Crippen molar-refractivity contribution in [2.45, 2.75) is 31.7 Å². The molecule has 0 radical (unpaired) electrons. The van der Waals surface area contributed by atoms with Crippen molar-refractivity contribution in [3.8, 4) is 0 Å². The van der Waals surface area contributed by atoms with E-state index in [0.717, 1.165) is 24.8 Å². The largest absolute Gasteiger partial charge is 0.375 e. The lowest BCUT2D eigenvalue weighted by atomic mass is 10.00. The first-order valence-corrected chi connectivity index (χ1v) is 8.98. The Kier molecular flexibility index (Phi) is 8.08. The summed E-state index contributed by atoms with van der Waals surface area (Å²) in [5.74, 6) is -0.602. The van der Waals surface area contributed by atoms with Gasteiger partial charge in [0.1, 0.15) is 6.61 Å². The van der Waals surface area contributed by atoms with Crippen molar-refractivity contribution < 1.29 is 19.1 Å². The number of hydrogen-bond acceptors (Lipinski definition) is 4. The molecule has 7 nitrogen and oxygen atoms in total. The minimum atomic E-state index is -0.346. The predicted octanol–water partition coefficient (Wildman–Crippen LogP) is 1.01. The van der Waals surface area contributed by atoms with Gasteiger partial charge in [0, 0.05) is 20.2 Å². The summed E-state index contributed by atoms with van der Waals surface area (Å²) in [6, 6.07) is 9.20. The number of rotatable bonds is 5. The molecule has 0 aromatic heterocycles. The van der Waals surface area contributed by atoms with E-state index in [0.29, 0.717) is 13.1 Å². The molecule has 1 aliphatic rings. The molecule has 1 aromatic rings. The van der Waals surface area contributed by atoms with Crippen LogP contribution in [-0.2, 0) is 19.1 Å². The molecule has 0 aliphatic carbocycles. The third-order valence-electron chi connectivity index (χ3n) is 4.37. The van der Waals surface area contributed by atoms with Crippen LogP contribution < -0.4 is 10.6 Å². The predicted molar refractivity (Wildman–Crippen MR) is 97.3 cm³/mol. The normalized spacial score (nSPS) is 18.7. The van der Waals surface area contributed by atoms with Crippen molar-refractivity contribution in [3.63, 3.8) is 0 Å². The molecule has 7 heteroatoms. The van der Waals surface area contributed by atoms with Crippen LogP contribution in [0.2, 0.25) is 0 Å². The molecule has 2 N–H and O–H groups in total. The Morgan fingerprint density at radius 2 is 2.00 bits per heavy atom. The number of methoxy groups -OCH3 is 1. The van der Waals surface area contributed by atoms with E-state index in [2.05, 4.69) is 10.6 Å². The fraction of sp³-hybridized carbons (Fsp3) is 0.526. The lowest BCUT2D eigenvalue weighted by Crippen LogP contribution is -2.45. The minimum absolute atomic E-state index is 0.0676. The van der Waals surface area contributed by atoms with Crippen LogP contribution in [0, 0.1) is 0 Å². The van der Waals surface area contributed by atoms with Crippen LogP contribution in [0.4, 0.5) is 0 Å². The topological polar surface area (TPSA) is 87.7 Å². The summed E-state index contributed by atoms with van der Waals surface area (Å²) in [4.78, 5) is 38.4. The van der Waals surface area contributed by atoms with Crippen molar-refractivity contribution in [2.24, 2.45) is 0 Å². The second-order valence-corrected chi connectivity index (χ2v) is 6.34. The number of ether oxygens (including phenoxy) is 1. The maximum atomic E-state index is 12.8. The van der Waals surface area contributed by atoms with Gasteiger partial charge in [0.15, 0.2) is 0 Å². The zero-order valence-electron chi connectivity index (χ0n) is 15.2. The van der Waals surface area contributed by atoms with Gasteiger partial charge in [-0.25, -0.2) is 0 Å². The average molecular weight is 361 g/mol. The van der Waals surface area contributed by atoms with Crippen molar-refractivity contribution in [1.29, 1.82) is 0 Å². The highest BCUT2D eigenvalue weighted by Gasteiger charge is 2.27. The fourth-order valence-electron chi connectivity index (χ4n) is 3.05. The molecule has 142 valence electrons. The number of carbonyl (C=O) groups excluding carboxylic acids is 3. The summed E-state index contributed by atoms with van der Waals surface area (Å²) >= 11 is 0. The maximum absolute atomic E-state index is 12.8. The first-order chi connectivity index (χ1) is 12.6. The number of hydrogen-bond donors (Lipinski definition) is 2. The van der Waals surface area contributed by atoms with Gasteiger partial charge in [-0.3, -0.25) is 14.4 Å². The fourth-order valence-corrected chi connectivity index (χ4v) is 3.05. The number of carbonyl (C=O) groups is 3. The zero-order chi connectivity index (χ0) is 18.8. The smallest absolute Gasteiger partial charge is 0.246 e. The molecule has 0 bridgehead atoms. The molecule has 1 unspecified atom stereocenters. The highest BCUT2D eigenvalue weighted by atomic mass is 16.5. The zero-order valence-corrected chi connectivity index (χ0v) is 15.2. The highest BCUT2D eigenvalue weighted by Crippen LogP contribution is 2.25. The molecule has 1 heterocycles. The van der Waals surface area contributed by atoms with Gasteiger partial charge in [0.2, 0.25) is 17.7 Å². The first kappa shape index (κ1) is 19.9. The minimum Gasteiger partial charge on any atom is -0.375 e. The van der Waals surface area contributed by atoms with Crippen LogP contribution >= 0.6 is 0 Å². The van der Waals surface area contributed by atoms with E-state index in [-0.39, 0.29) is 43.3 Å². The lowest BCUT2D eigenvalue weighted by molar-refractivity contribution is -0.137. The third kappa shape index (κ3) is 6.15. The molecule has 1 saturated heterocycles. The third-order valence-corrected chi connectivity index (χ3v) is 4.37. The van der Waals surface area contributed by atoms with E-state index < -0.39 is 0 Å². The molecular weight excluding hydrogens is 334 g/mol. The molecule has 2 rings (SSSR count). The van der Waals surface area contributed by atoms with E-state index in [1.807, 2.05) is 30.3 Å². The quantitative estimate of drug-likeness (QED) is 0.819. The molecule has 0 spiro atoms. The van der Waals surface area contributed by atoms with Crippen LogP contribution in [0.15, 0.2) is 30.3 Å². The van der Waals surface area contributed by atoms with Gasteiger partial charge < -0.3 is 20.3 Å². The Morgan fingerprint density at radius 1 is 1.23 bits per heavy atom. The van der Waals surface area contributed by atoms with E-state index in [9.17, 15) is 14.4 Å². The van der Waals surface area contributed by atoms with Crippen LogP contribution in [0.25, 0.3) is 0 Å². The van der Waals surface area contributed by atoms with Gasteiger partial charge >= 0.3 is 0 Å². The van der Waals surface area contributed by atoms with E-state index in [1.165, 1.54) is 7.11 Å². The van der Waals surface area contributed by atoms with E-state index in [1.54, 1.807) is 4.90 Å². The summed E-state index contributed by atoms with van der Waals surface area (Å²) in [7, 11) is 1.43. The molecule has 0 saturated carbocycles. The van der Waals surface area contributed by atoms with Gasteiger partial charge in [0.05, 0.1) is 19.0 Å². The molecular formula is C19H27N3O4. The summed E-state index contributed by atoms with van der Waals surface area (Å²) in [5.41, 5.74) is 0.916. The molecule has 3 amide bonds. The standard InChI is InChI=1S/C19H27N3O4/c1-26-14-18(24)21-13-19(25)22-11-7-3-6-10-20-17(23)12-16(22)15-8-4-2-5-9-15/h2,4-5,8-9,16H,3,6-7,10-14H2,1H3,(H,20,23)(H,21,24). The van der Waals surface area contributed by atoms with Gasteiger partial charge in [-0.15, -0.1) is 0 Å². The van der Waals surface area contributed by atoms with Crippen molar-refractivity contribution in [2.75, 3.05) is 33.4 Å². The monoisotopic (exact) mass is 361 g/mol. The first-order valence-electron chi connectivity index (χ1n) is 8.98. The Balaban J connectivity index is 2.17. The van der Waals surface area contributed by atoms with Crippen LogP contribution in [-0.4, -0.2) is 56.0 Å². The van der Waals surface area contributed by atoms with E-state index >= 15 is 0 Å². The Labute approximate surface area is 154 Å². The van der Waals surface area contributed by atoms with Crippen LogP contribution in [0.5, 0.6) is 0 Å². The molecule has 1 fully saturated rings. The highest BCUT2D eigenvalue weighted by molar-refractivity contribution is 5.86. The second-order valence-electron chi connectivity index (χ2n) is 6.34. The lowest BCUT2D eigenvalue weighted by Gasteiger charge is -2.33. The maximum Gasteiger partial charge on any atom is 0.246 e. The second kappa shape index (κ2) is 10.6. The summed E-state index contributed by atoms with van der Waals surface area (Å²) in [6.07, 6.45) is 2.90. The Hall–Kier alpha value is -2.41. The number of nitrogens with one attached hydrogen (secondary N) is 2. The van der Waals surface area contributed by atoms with Gasteiger partial charge in [-0.2, -0.15) is 0 Å². The SMILES string of the molecule is COCC(=O)NCC(=O)N1CCCCCNC(=O)CC1c1ccccc1. The van der Waals surface area contributed by atoms with Crippen molar-refractivity contribution in [1.82, 2.24) is 15.5 Å². The van der Waals surface area contributed by atoms with Crippen molar-refractivity contribution >= 4 is 17.7 Å². The molecule has 1 aliphatic heterocycles. The summed E-state index contributed by atoms with van der Waals surface area (Å²) in [6.45, 7) is 1.04. The van der Waals surface area contributed by atoms with Crippen LogP contribution in [0.1, 0.15) is 37.3 Å². The van der Waals surface area contributed by atoms with E-state index in [4.69, 9.17) is 4.74 Å². The van der Waals surface area contributed by atoms with Gasteiger partial charge in [0.25, 0.3) is 0 Å². The van der Waals surface area contributed by atoms with Gasteiger partial charge in [-0.05, 0) is 24.8 Å². The Bertz CT molecular complexity index is 606. The molecule has 1 aromatic carbocycles. The summed E-state index contributed by atoms with van der Waals surface area (Å²) < 4.78 is 4.76. The van der Waals surface area contributed by atoms with Gasteiger partial charge in [-0.1, -0.05) is 30.3 Å². The van der Waals surface area contributed by atoms with Crippen molar-refractivity contribution in [3.05, 3.63) is 35.9 Å². The number of benzene rings is 1. The summed E-state index contributed by atoms with van der Waals surface area (Å²) in [5, 5.41) is 5.49. The molecule has 26 heavy (non-hydrogen) atoms.